The molecule has 3 rings (SSSR count). The maximum absolute atomic E-state index is 12.5. The van der Waals surface area contributed by atoms with Gasteiger partial charge in [-0.2, -0.15) is 4.98 Å². The van der Waals surface area contributed by atoms with Crippen molar-refractivity contribution in [1.82, 2.24) is 9.97 Å². The van der Waals surface area contributed by atoms with E-state index in [1.165, 1.54) is 0 Å². The molecule has 1 aromatic carbocycles. The molecule has 26 heavy (non-hydrogen) atoms. The predicted octanol–water partition coefficient (Wildman–Crippen LogP) is 3.06. The lowest BCUT2D eigenvalue weighted by atomic mass is 10.2. The molecule has 0 unspecified atom stereocenters. The van der Waals surface area contributed by atoms with Crippen molar-refractivity contribution in [2.45, 2.75) is 31.2 Å². The molecule has 0 saturated carbocycles. The molecule has 0 aliphatic carbocycles. The van der Waals surface area contributed by atoms with E-state index < -0.39 is 11.2 Å². The molecule has 0 bridgehead atoms. The van der Waals surface area contributed by atoms with Gasteiger partial charge in [-0.3, -0.25) is 9.59 Å². The Morgan fingerprint density at radius 2 is 1.88 bits per heavy atom. The number of carbonyl (C=O) groups is 2. The van der Waals surface area contributed by atoms with Gasteiger partial charge in [-0.1, -0.05) is 30.0 Å². The van der Waals surface area contributed by atoms with Gasteiger partial charge in [0.2, 0.25) is 11.6 Å². The van der Waals surface area contributed by atoms with Crippen LogP contribution in [0.15, 0.2) is 39.9 Å². The molecule has 3 N–H and O–H groups in total. The molecule has 0 spiro atoms. The first kappa shape index (κ1) is 17.9. The highest BCUT2D eigenvalue weighted by atomic mass is 32.2. The molecule has 2 heterocycles. The van der Waals surface area contributed by atoms with E-state index >= 15 is 0 Å². The first-order valence-corrected chi connectivity index (χ1v) is 8.85. The Bertz CT molecular complexity index is 985. The first-order chi connectivity index (χ1) is 12.4. The molecule has 7 nitrogen and oxygen atoms in total. The average Bonchev–Trinajstić information content (AvgIpc) is 2.89. The van der Waals surface area contributed by atoms with Gasteiger partial charge >= 0.3 is 0 Å². The highest BCUT2D eigenvalue weighted by Gasteiger charge is 2.20. The van der Waals surface area contributed by atoms with Gasteiger partial charge in [0.25, 0.3) is 5.91 Å². The summed E-state index contributed by atoms with van der Waals surface area (Å²) < 4.78 is 5.68. The van der Waals surface area contributed by atoms with Gasteiger partial charge in [-0.25, -0.2) is 4.98 Å². The van der Waals surface area contributed by atoms with Gasteiger partial charge in [0, 0.05) is 11.1 Å². The maximum Gasteiger partial charge on any atom is 0.256 e. The summed E-state index contributed by atoms with van der Waals surface area (Å²) >= 11 is 1.11. The van der Waals surface area contributed by atoms with E-state index in [1.807, 2.05) is 19.9 Å². The molecule has 2 amide bonds. The number of nitrogens with one attached hydrogen (secondary N) is 1. The molecule has 0 saturated heterocycles. The Balaban J connectivity index is 2.03. The van der Waals surface area contributed by atoms with E-state index in [2.05, 4.69) is 15.3 Å². The van der Waals surface area contributed by atoms with Crippen LogP contribution in [0.2, 0.25) is 0 Å². The monoisotopic (exact) mass is 370 g/mol. The molecule has 8 heteroatoms. The molecule has 3 aromatic rings. The van der Waals surface area contributed by atoms with Crippen molar-refractivity contribution < 1.29 is 14.0 Å². The second-order valence-electron chi connectivity index (χ2n) is 5.80. The number of nitrogens with two attached hydrogens (primary N) is 1. The number of rotatable bonds is 5. The Morgan fingerprint density at radius 1 is 1.19 bits per heavy atom. The van der Waals surface area contributed by atoms with E-state index in [0.29, 0.717) is 33.4 Å². The number of benzene rings is 1. The van der Waals surface area contributed by atoms with Crippen LogP contribution >= 0.6 is 11.8 Å². The standard InChI is InChI=1S/C18H18N4O3S/c1-9-10(2)25-17-13(9)15(20-16(24)12-7-5-4-6-8-12)21-18(22-17)26-11(3)14(19)23/h4-8,11H,1-3H3,(H2,19,23)(H,20,21,22,24)/t11-/m1/s1. The number of fused-ring (bicyclic) bond motifs is 1. The zero-order chi connectivity index (χ0) is 18.8. The number of thioether (sulfide) groups is 1. The molecule has 1 atom stereocenters. The fraction of sp³-hybridized carbons (Fsp3) is 0.222. The minimum Gasteiger partial charge on any atom is -0.443 e. The number of hydrogen-bond acceptors (Lipinski definition) is 6. The minimum absolute atomic E-state index is 0.289. The number of nitrogens with zero attached hydrogens (tertiary/aromatic N) is 2. The number of hydrogen-bond donors (Lipinski definition) is 2. The molecule has 0 radical (unpaired) electrons. The average molecular weight is 370 g/mol. The zero-order valence-corrected chi connectivity index (χ0v) is 15.4. The van der Waals surface area contributed by atoms with Crippen molar-refractivity contribution >= 4 is 40.5 Å². The van der Waals surface area contributed by atoms with E-state index in [-0.39, 0.29) is 5.91 Å². The summed E-state index contributed by atoms with van der Waals surface area (Å²) in [6, 6.07) is 8.84. The van der Waals surface area contributed by atoms with Gasteiger partial charge in [0.05, 0.1) is 10.6 Å². The minimum atomic E-state index is -0.512. The van der Waals surface area contributed by atoms with Gasteiger partial charge in [-0.05, 0) is 32.9 Å². The summed E-state index contributed by atoms with van der Waals surface area (Å²) in [4.78, 5) is 32.6. The molecular weight excluding hydrogens is 352 g/mol. The number of anilines is 1. The van der Waals surface area contributed by atoms with Gasteiger partial charge in [0.1, 0.15) is 11.6 Å². The Kier molecular flexibility index (Phi) is 4.94. The highest BCUT2D eigenvalue weighted by Crippen LogP contribution is 2.32. The van der Waals surface area contributed by atoms with Crippen LogP contribution in [0, 0.1) is 13.8 Å². The Labute approximate surface area is 154 Å². The van der Waals surface area contributed by atoms with Crippen LogP contribution in [-0.4, -0.2) is 27.0 Å². The molecular formula is C18H18N4O3S. The van der Waals surface area contributed by atoms with E-state index in [9.17, 15) is 9.59 Å². The number of carbonyl (C=O) groups excluding carboxylic acids is 2. The van der Waals surface area contributed by atoms with E-state index in [1.54, 1.807) is 31.2 Å². The van der Waals surface area contributed by atoms with Crippen LogP contribution in [-0.2, 0) is 4.79 Å². The van der Waals surface area contributed by atoms with E-state index in [4.69, 9.17) is 10.2 Å². The summed E-state index contributed by atoms with van der Waals surface area (Å²) in [6.45, 7) is 5.36. The molecule has 2 aromatic heterocycles. The zero-order valence-electron chi connectivity index (χ0n) is 14.6. The number of furan rings is 1. The molecule has 0 aliphatic rings. The molecule has 0 aliphatic heterocycles. The number of amides is 2. The Hall–Kier alpha value is -2.87. The first-order valence-electron chi connectivity index (χ1n) is 7.97. The van der Waals surface area contributed by atoms with Crippen LogP contribution in [0.1, 0.15) is 28.6 Å². The lowest BCUT2D eigenvalue weighted by Crippen LogP contribution is -2.23. The number of aryl methyl sites for hydroxylation is 2. The van der Waals surface area contributed by atoms with Crippen LogP contribution in [0.4, 0.5) is 5.82 Å². The van der Waals surface area contributed by atoms with Crippen LogP contribution in [0.3, 0.4) is 0 Å². The van der Waals surface area contributed by atoms with E-state index in [0.717, 1.165) is 17.3 Å². The Morgan fingerprint density at radius 3 is 2.54 bits per heavy atom. The summed E-state index contributed by atoms with van der Waals surface area (Å²) in [7, 11) is 0. The largest absolute Gasteiger partial charge is 0.443 e. The lowest BCUT2D eigenvalue weighted by Gasteiger charge is -2.09. The number of primary amides is 1. The van der Waals surface area contributed by atoms with Crippen LogP contribution in [0.25, 0.3) is 11.1 Å². The third-order valence-corrected chi connectivity index (χ3v) is 4.94. The van der Waals surface area contributed by atoms with Crippen molar-refractivity contribution in [3.8, 4) is 0 Å². The highest BCUT2D eigenvalue weighted by molar-refractivity contribution is 8.00. The van der Waals surface area contributed by atoms with Crippen LogP contribution < -0.4 is 11.1 Å². The summed E-state index contributed by atoms with van der Waals surface area (Å²) in [6.07, 6.45) is 0. The van der Waals surface area contributed by atoms with Crippen molar-refractivity contribution in [2.75, 3.05) is 5.32 Å². The third kappa shape index (κ3) is 3.55. The topological polar surface area (TPSA) is 111 Å². The quantitative estimate of drug-likeness (QED) is 0.527. The maximum atomic E-state index is 12.5. The lowest BCUT2D eigenvalue weighted by molar-refractivity contribution is -0.117. The van der Waals surface area contributed by atoms with Crippen molar-refractivity contribution in [3.05, 3.63) is 47.2 Å². The van der Waals surface area contributed by atoms with Crippen molar-refractivity contribution in [3.63, 3.8) is 0 Å². The number of aromatic nitrogens is 2. The predicted molar refractivity (Wildman–Crippen MR) is 100 cm³/mol. The second-order valence-corrected chi connectivity index (χ2v) is 7.11. The smallest absolute Gasteiger partial charge is 0.256 e. The summed E-state index contributed by atoms with van der Waals surface area (Å²) in [5.41, 5.74) is 7.03. The van der Waals surface area contributed by atoms with Gasteiger partial charge < -0.3 is 15.5 Å². The fourth-order valence-corrected chi connectivity index (χ4v) is 3.07. The van der Waals surface area contributed by atoms with Crippen molar-refractivity contribution in [2.24, 2.45) is 5.73 Å². The third-order valence-electron chi connectivity index (χ3n) is 3.96. The SMILES string of the molecule is Cc1oc2nc(S[C@H](C)C(N)=O)nc(NC(=O)c3ccccc3)c2c1C. The molecule has 0 fully saturated rings. The second kappa shape index (κ2) is 7.17. The van der Waals surface area contributed by atoms with Crippen molar-refractivity contribution in [1.29, 1.82) is 0 Å². The summed E-state index contributed by atoms with van der Waals surface area (Å²) in [5.74, 6) is 0.273. The van der Waals surface area contributed by atoms with Crippen LogP contribution in [0.5, 0.6) is 0 Å². The molecule has 134 valence electrons. The van der Waals surface area contributed by atoms with Gasteiger partial charge in [-0.15, -0.1) is 0 Å². The summed E-state index contributed by atoms with van der Waals surface area (Å²) in [5, 5.41) is 3.25. The normalized spacial score (nSPS) is 12.1. The fourth-order valence-electron chi connectivity index (χ4n) is 2.36. The van der Waals surface area contributed by atoms with Gasteiger partial charge in [0.15, 0.2) is 5.16 Å².